The molecule has 2 aromatic rings. The molecule has 2 aromatic carbocycles. The second kappa shape index (κ2) is 7.57. The normalized spacial score (nSPS) is 13.0. The van der Waals surface area contributed by atoms with E-state index in [4.69, 9.17) is 5.26 Å². The third-order valence-electron chi connectivity index (χ3n) is 4.14. The largest absolute Gasteiger partial charge is 0.324 e. The molecule has 0 spiro atoms. The molecule has 118 valence electrons. The average Bonchev–Trinajstić information content (AvgIpc) is 2.56. The lowest BCUT2D eigenvalue weighted by Gasteiger charge is -2.22. The summed E-state index contributed by atoms with van der Waals surface area (Å²) in [5.74, 6) is -0.0270. The van der Waals surface area contributed by atoms with Gasteiger partial charge in [-0.05, 0) is 43.7 Å². The minimum Gasteiger partial charge on any atom is -0.324 e. The number of hydrogen-bond acceptors (Lipinski definition) is 2. The molecule has 0 aliphatic rings. The first-order chi connectivity index (χ1) is 11.0. The molecule has 0 fully saturated rings. The van der Waals surface area contributed by atoms with Gasteiger partial charge in [-0.1, -0.05) is 24.3 Å². The number of anilines is 1. The number of quaternary nitrogens is 1. The standard InChI is InChI=1S/C19H21N3O/c1-14-6-4-5-7-17(14)13-22(3)15(2)19(23)21-18-10-8-16(12-20)9-11-18/h4-11,15H,13H2,1-3H3,(H,21,23)/p+1/t15-/m1/s1. The minimum absolute atomic E-state index is 0.0270. The fourth-order valence-electron chi connectivity index (χ4n) is 2.36. The van der Waals surface area contributed by atoms with Gasteiger partial charge in [-0.3, -0.25) is 4.79 Å². The lowest BCUT2D eigenvalue weighted by Crippen LogP contribution is -3.12. The Morgan fingerprint density at radius 3 is 2.48 bits per heavy atom. The maximum atomic E-state index is 12.4. The monoisotopic (exact) mass is 308 g/mol. The van der Waals surface area contributed by atoms with Crippen molar-refractivity contribution in [3.05, 3.63) is 65.2 Å². The van der Waals surface area contributed by atoms with Crippen molar-refractivity contribution >= 4 is 11.6 Å². The highest BCUT2D eigenvalue weighted by Crippen LogP contribution is 2.09. The van der Waals surface area contributed by atoms with Crippen molar-refractivity contribution in [2.45, 2.75) is 26.4 Å². The number of amides is 1. The highest BCUT2D eigenvalue weighted by molar-refractivity contribution is 5.93. The smallest absolute Gasteiger partial charge is 0.282 e. The third kappa shape index (κ3) is 4.41. The highest BCUT2D eigenvalue weighted by atomic mass is 16.2. The number of rotatable bonds is 5. The molecule has 1 amide bonds. The van der Waals surface area contributed by atoms with Crippen LogP contribution in [0.3, 0.4) is 0 Å². The summed E-state index contributed by atoms with van der Waals surface area (Å²) in [4.78, 5) is 13.5. The summed E-state index contributed by atoms with van der Waals surface area (Å²) in [5, 5.41) is 11.7. The molecule has 0 saturated heterocycles. The van der Waals surface area contributed by atoms with E-state index in [2.05, 4.69) is 30.4 Å². The molecule has 0 aromatic heterocycles. The fraction of sp³-hybridized carbons (Fsp3) is 0.263. The molecule has 2 atom stereocenters. The Morgan fingerprint density at radius 1 is 1.22 bits per heavy atom. The summed E-state index contributed by atoms with van der Waals surface area (Å²) < 4.78 is 0. The molecule has 2 N–H and O–H groups in total. The van der Waals surface area contributed by atoms with Crippen LogP contribution in [0.25, 0.3) is 0 Å². The number of benzene rings is 2. The van der Waals surface area contributed by atoms with Crippen molar-refractivity contribution < 1.29 is 9.69 Å². The van der Waals surface area contributed by atoms with Crippen molar-refractivity contribution in [1.29, 1.82) is 5.26 Å². The van der Waals surface area contributed by atoms with Crippen LogP contribution < -0.4 is 10.2 Å². The molecule has 23 heavy (non-hydrogen) atoms. The molecule has 2 rings (SSSR count). The van der Waals surface area contributed by atoms with Crippen LogP contribution in [-0.4, -0.2) is 19.0 Å². The van der Waals surface area contributed by atoms with Crippen LogP contribution in [0.2, 0.25) is 0 Å². The number of nitriles is 1. The van der Waals surface area contributed by atoms with Gasteiger partial charge in [-0.25, -0.2) is 0 Å². The fourth-order valence-corrected chi connectivity index (χ4v) is 2.36. The first-order valence-electron chi connectivity index (χ1n) is 7.69. The zero-order valence-electron chi connectivity index (χ0n) is 13.8. The van der Waals surface area contributed by atoms with Gasteiger partial charge in [0.05, 0.1) is 18.7 Å². The van der Waals surface area contributed by atoms with Gasteiger partial charge in [-0.15, -0.1) is 0 Å². The minimum atomic E-state index is -0.176. The van der Waals surface area contributed by atoms with E-state index in [1.807, 2.05) is 26.1 Å². The summed E-state index contributed by atoms with van der Waals surface area (Å²) in [6.07, 6.45) is 0. The topological polar surface area (TPSA) is 57.3 Å². The quantitative estimate of drug-likeness (QED) is 0.886. The van der Waals surface area contributed by atoms with Gasteiger partial charge in [0.1, 0.15) is 6.54 Å². The average molecular weight is 308 g/mol. The second-order valence-electron chi connectivity index (χ2n) is 5.85. The molecular formula is C19H22N3O+. The Balaban J connectivity index is 1.98. The zero-order valence-corrected chi connectivity index (χ0v) is 13.8. The van der Waals surface area contributed by atoms with Gasteiger partial charge in [0.15, 0.2) is 6.04 Å². The number of nitrogens with one attached hydrogen (secondary N) is 2. The van der Waals surface area contributed by atoms with Crippen molar-refractivity contribution in [2.75, 3.05) is 12.4 Å². The number of carbonyl (C=O) groups excluding carboxylic acids is 1. The van der Waals surface area contributed by atoms with Gasteiger partial charge in [0, 0.05) is 11.3 Å². The Bertz CT molecular complexity index is 716. The number of hydrogen-bond donors (Lipinski definition) is 2. The van der Waals surface area contributed by atoms with Crippen LogP contribution >= 0.6 is 0 Å². The molecule has 0 aliphatic heterocycles. The number of aryl methyl sites for hydroxylation is 1. The van der Waals surface area contributed by atoms with E-state index < -0.39 is 0 Å². The summed E-state index contributed by atoms with van der Waals surface area (Å²) in [6.45, 7) is 4.81. The third-order valence-corrected chi connectivity index (χ3v) is 4.14. The maximum absolute atomic E-state index is 12.4. The molecule has 0 saturated carbocycles. The number of carbonyl (C=O) groups is 1. The van der Waals surface area contributed by atoms with E-state index in [-0.39, 0.29) is 11.9 Å². The van der Waals surface area contributed by atoms with Crippen molar-refractivity contribution in [2.24, 2.45) is 0 Å². The van der Waals surface area contributed by atoms with E-state index in [0.29, 0.717) is 11.3 Å². The van der Waals surface area contributed by atoms with E-state index >= 15 is 0 Å². The SMILES string of the molecule is Cc1ccccc1C[NH+](C)[C@H](C)C(=O)Nc1ccc(C#N)cc1. The Kier molecular flexibility index (Phi) is 5.51. The molecule has 0 bridgehead atoms. The van der Waals surface area contributed by atoms with Crippen LogP contribution in [0.1, 0.15) is 23.6 Å². The predicted octanol–water partition coefficient (Wildman–Crippen LogP) is 1.91. The lowest BCUT2D eigenvalue weighted by atomic mass is 10.1. The van der Waals surface area contributed by atoms with E-state index in [9.17, 15) is 4.79 Å². The van der Waals surface area contributed by atoms with Crippen LogP contribution in [0.15, 0.2) is 48.5 Å². The molecule has 0 radical (unpaired) electrons. The molecule has 4 nitrogen and oxygen atoms in total. The molecule has 1 unspecified atom stereocenters. The lowest BCUT2D eigenvalue weighted by molar-refractivity contribution is -0.907. The summed E-state index contributed by atoms with van der Waals surface area (Å²) in [6, 6.07) is 17.0. The summed E-state index contributed by atoms with van der Waals surface area (Å²) in [5.41, 5.74) is 3.79. The van der Waals surface area contributed by atoms with Gasteiger partial charge in [0.25, 0.3) is 5.91 Å². The van der Waals surface area contributed by atoms with E-state index in [1.54, 1.807) is 24.3 Å². The Hall–Kier alpha value is -2.64. The van der Waals surface area contributed by atoms with Crippen LogP contribution in [0.4, 0.5) is 5.69 Å². The van der Waals surface area contributed by atoms with Crippen molar-refractivity contribution in [3.8, 4) is 6.07 Å². The van der Waals surface area contributed by atoms with Gasteiger partial charge in [0.2, 0.25) is 0 Å². The van der Waals surface area contributed by atoms with E-state index in [0.717, 1.165) is 11.4 Å². The second-order valence-corrected chi connectivity index (χ2v) is 5.85. The maximum Gasteiger partial charge on any atom is 0.282 e. The van der Waals surface area contributed by atoms with E-state index in [1.165, 1.54) is 11.1 Å². The molecular weight excluding hydrogens is 286 g/mol. The zero-order chi connectivity index (χ0) is 16.8. The number of likely N-dealkylation sites (N-methyl/N-ethyl adjacent to an activating group) is 1. The van der Waals surface area contributed by atoms with Gasteiger partial charge < -0.3 is 10.2 Å². The highest BCUT2D eigenvalue weighted by Gasteiger charge is 2.22. The summed E-state index contributed by atoms with van der Waals surface area (Å²) >= 11 is 0. The van der Waals surface area contributed by atoms with Crippen LogP contribution in [-0.2, 0) is 11.3 Å². The van der Waals surface area contributed by atoms with Crippen molar-refractivity contribution in [1.82, 2.24) is 0 Å². The van der Waals surface area contributed by atoms with Crippen LogP contribution in [0, 0.1) is 18.3 Å². The predicted molar refractivity (Wildman–Crippen MR) is 91.0 cm³/mol. The van der Waals surface area contributed by atoms with Crippen molar-refractivity contribution in [3.63, 3.8) is 0 Å². The Labute approximate surface area is 137 Å². The first kappa shape index (κ1) is 16.7. The Morgan fingerprint density at radius 2 is 1.87 bits per heavy atom. The van der Waals surface area contributed by atoms with Gasteiger partial charge >= 0.3 is 0 Å². The molecule has 0 aliphatic carbocycles. The number of nitrogens with zero attached hydrogens (tertiary/aromatic N) is 1. The molecule has 4 heteroatoms. The van der Waals surface area contributed by atoms with Gasteiger partial charge in [-0.2, -0.15) is 5.26 Å². The first-order valence-corrected chi connectivity index (χ1v) is 7.69. The summed E-state index contributed by atoms with van der Waals surface area (Å²) in [7, 11) is 2.02. The van der Waals surface area contributed by atoms with Crippen LogP contribution in [0.5, 0.6) is 0 Å². The molecule has 0 heterocycles.